The number of rotatable bonds is 5. The molecule has 0 spiro atoms. The predicted molar refractivity (Wildman–Crippen MR) is 146 cm³/mol. The highest BCUT2D eigenvalue weighted by molar-refractivity contribution is 7.80. The maximum absolute atomic E-state index is 12.7. The van der Waals surface area contributed by atoms with Crippen LogP contribution in [0.1, 0.15) is 28.9 Å². The fourth-order valence-electron chi connectivity index (χ4n) is 3.50. The molecule has 0 aliphatic heterocycles. The molecule has 12 heteroatoms. The molecule has 0 atom stereocenters. The maximum atomic E-state index is 12.7. The summed E-state index contributed by atoms with van der Waals surface area (Å²) in [5.74, 6) is 0.820. The average Bonchev–Trinajstić information content (AvgIpc) is 3.58. The number of nitrogens with zero attached hydrogens (tertiary/aromatic N) is 4. The molecule has 3 heterocycles. The van der Waals surface area contributed by atoms with Crippen molar-refractivity contribution < 1.29 is 9.21 Å². The lowest BCUT2D eigenvalue weighted by Crippen LogP contribution is -2.34. The molecule has 5 aromatic rings. The quantitative estimate of drug-likeness (QED) is 0.241. The average molecular weight is 557 g/mol. The number of thiocarbonyl (C=S) groups is 1. The summed E-state index contributed by atoms with van der Waals surface area (Å²) < 4.78 is 7.45. The number of anilines is 1. The van der Waals surface area contributed by atoms with Gasteiger partial charge in [0.25, 0.3) is 5.91 Å². The number of benzene rings is 2. The van der Waals surface area contributed by atoms with Gasteiger partial charge in [-0.25, -0.2) is 0 Å². The van der Waals surface area contributed by atoms with Gasteiger partial charge in [-0.2, -0.15) is 9.61 Å². The number of hydrogen-bond donors (Lipinski definition) is 2. The first kappa shape index (κ1) is 24.4. The van der Waals surface area contributed by atoms with Crippen molar-refractivity contribution in [2.75, 3.05) is 5.32 Å². The summed E-state index contributed by atoms with van der Waals surface area (Å²) in [4.78, 5) is 13.5. The van der Waals surface area contributed by atoms with E-state index >= 15 is 0 Å². The molecule has 0 radical (unpaired) electrons. The second-order valence-corrected chi connectivity index (χ2v) is 9.92. The van der Waals surface area contributed by atoms with Crippen LogP contribution in [0.2, 0.25) is 10.0 Å². The van der Waals surface area contributed by atoms with Crippen molar-refractivity contribution >= 4 is 68.4 Å². The van der Waals surface area contributed by atoms with Crippen molar-refractivity contribution in [2.45, 2.75) is 20.3 Å². The Hall–Kier alpha value is -3.31. The number of fused-ring (bicyclic) bond motifs is 1. The van der Waals surface area contributed by atoms with Crippen LogP contribution in [0, 0.1) is 6.92 Å². The number of hydrogen-bond acceptors (Lipinski definition) is 7. The second-order valence-electron chi connectivity index (χ2n) is 7.77. The largest absolute Gasteiger partial charge is 0.451 e. The monoisotopic (exact) mass is 556 g/mol. The molecule has 182 valence electrons. The Morgan fingerprint density at radius 2 is 2.00 bits per heavy atom. The Balaban J connectivity index is 1.30. The maximum Gasteiger partial charge on any atom is 0.293 e. The van der Waals surface area contributed by atoms with E-state index in [1.165, 1.54) is 11.3 Å². The number of furan rings is 1. The van der Waals surface area contributed by atoms with Crippen LogP contribution in [0.25, 0.3) is 26.9 Å². The molecule has 8 nitrogen and oxygen atoms in total. The highest BCUT2D eigenvalue weighted by Gasteiger charge is 2.17. The van der Waals surface area contributed by atoms with E-state index in [2.05, 4.69) is 25.9 Å². The van der Waals surface area contributed by atoms with Crippen molar-refractivity contribution in [2.24, 2.45) is 0 Å². The summed E-state index contributed by atoms with van der Waals surface area (Å²) in [7, 11) is 0. The Labute approximate surface area is 225 Å². The van der Waals surface area contributed by atoms with E-state index in [1.807, 2.05) is 32.0 Å². The van der Waals surface area contributed by atoms with Gasteiger partial charge in [-0.1, -0.05) is 59.7 Å². The van der Waals surface area contributed by atoms with E-state index in [0.29, 0.717) is 21.4 Å². The minimum atomic E-state index is -0.494. The van der Waals surface area contributed by atoms with Gasteiger partial charge in [0.2, 0.25) is 4.96 Å². The highest BCUT2D eigenvalue weighted by Crippen LogP contribution is 2.34. The summed E-state index contributed by atoms with van der Waals surface area (Å²) in [5.41, 5.74) is 3.17. The predicted octanol–water partition coefficient (Wildman–Crippen LogP) is 6.42. The van der Waals surface area contributed by atoms with Gasteiger partial charge >= 0.3 is 0 Å². The van der Waals surface area contributed by atoms with Crippen LogP contribution >= 0.6 is 46.8 Å². The van der Waals surface area contributed by atoms with Crippen molar-refractivity contribution in [1.82, 2.24) is 25.1 Å². The molecule has 5 rings (SSSR count). The fraction of sp³-hybridized carbons (Fsp3) is 0.125. The summed E-state index contributed by atoms with van der Waals surface area (Å²) >= 11 is 19.2. The molecule has 1 amide bonds. The summed E-state index contributed by atoms with van der Waals surface area (Å²) in [6.07, 6.45) is 0.738. The van der Waals surface area contributed by atoms with E-state index in [9.17, 15) is 4.79 Å². The van der Waals surface area contributed by atoms with Crippen LogP contribution in [-0.2, 0) is 6.42 Å². The minimum absolute atomic E-state index is 0.0853. The van der Waals surface area contributed by atoms with Crippen LogP contribution in [0.15, 0.2) is 52.9 Å². The first-order valence-corrected chi connectivity index (χ1v) is 12.8. The van der Waals surface area contributed by atoms with Crippen LogP contribution in [0.4, 0.5) is 5.69 Å². The Morgan fingerprint density at radius 1 is 1.17 bits per heavy atom. The third kappa shape index (κ3) is 4.72. The van der Waals surface area contributed by atoms with Crippen molar-refractivity contribution in [3.63, 3.8) is 0 Å². The van der Waals surface area contributed by atoms with Crippen LogP contribution < -0.4 is 10.6 Å². The van der Waals surface area contributed by atoms with Gasteiger partial charge in [-0.05, 0) is 55.0 Å². The molecule has 0 aliphatic rings. The van der Waals surface area contributed by atoms with Gasteiger partial charge in [0.15, 0.2) is 16.7 Å². The first-order valence-electron chi connectivity index (χ1n) is 10.8. The van der Waals surface area contributed by atoms with E-state index in [1.54, 1.807) is 34.8 Å². The SMILES string of the molecule is CCc1nnc2sc(-c3ccc(C)c(NC(=S)NC(=O)c4ccc(-c5cccc(Cl)c5Cl)o4)c3)nn12. The van der Waals surface area contributed by atoms with E-state index < -0.39 is 5.91 Å². The molecule has 3 aromatic heterocycles. The summed E-state index contributed by atoms with van der Waals surface area (Å²) in [5, 5.41) is 20.4. The standard InChI is InChI=1S/C24H18Cl2N6O2S2/c1-3-19-29-30-24-32(19)31-22(36-24)13-8-7-12(2)16(11-13)27-23(35)28-21(33)18-10-9-17(34-18)14-5-4-6-15(25)20(14)26/h4-11H,3H2,1-2H3,(H2,27,28,33,35). The molecule has 36 heavy (non-hydrogen) atoms. The number of carbonyl (C=O) groups is 1. The lowest BCUT2D eigenvalue weighted by atomic mass is 10.1. The number of aromatic nitrogens is 4. The van der Waals surface area contributed by atoms with Gasteiger partial charge in [-0.3, -0.25) is 10.1 Å². The molecule has 2 N–H and O–H groups in total. The smallest absolute Gasteiger partial charge is 0.293 e. The van der Waals surface area contributed by atoms with Crippen LogP contribution in [0.5, 0.6) is 0 Å². The first-order chi connectivity index (χ1) is 17.3. The zero-order valence-corrected chi connectivity index (χ0v) is 22.1. The number of carbonyl (C=O) groups excluding carboxylic acids is 1. The molecular weight excluding hydrogens is 539 g/mol. The van der Waals surface area contributed by atoms with E-state index in [-0.39, 0.29) is 10.9 Å². The lowest BCUT2D eigenvalue weighted by molar-refractivity contribution is 0.0951. The zero-order chi connectivity index (χ0) is 25.4. The molecular formula is C24H18Cl2N6O2S2. The van der Waals surface area contributed by atoms with E-state index in [0.717, 1.165) is 39.0 Å². The topological polar surface area (TPSA) is 97.3 Å². The van der Waals surface area contributed by atoms with Gasteiger partial charge in [-0.15, -0.1) is 10.2 Å². The molecule has 2 aromatic carbocycles. The zero-order valence-electron chi connectivity index (χ0n) is 19.0. The van der Waals surface area contributed by atoms with Gasteiger partial charge < -0.3 is 9.73 Å². The molecule has 0 saturated heterocycles. The molecule has 0 bridgehead atoms. The Kier molecular flexibility index (Phi) is 6.76. The van der Waals surface area contributed by atoms with Crippen molar-refractivity contribution in [3.8, 4) is 21.9 Å². The van der Waals surface area contributed by atoms with Crippen LogP contribution in [-0.4, -0.2) is 30.8 Å². The third-order valence-electron chi connectivity index (χ3n) is 5.38. The number of nitrogens with one attached hydrogen (secondary N) is 2. The minimum Gasteiger partial charge on any atom is -0.451 e. The normalized spacial score (nSPS) is 11.1. The fourth-order valence-corrected chi connectivity index (χ4v) is 4.95. The van der Waals surface area contributed by atoms with Crippen molar-refractivity contribution in [1.29, 1.82) is 0 Å². The third-order valence-corrected chi connectivity index (χ3v) is 7.35. The van der Waals surface area contributed by atoms with Gasteiger partial charge in [0, 0.05) is 23.2 Å². The number of aryl methyl sites for hydroxylation is 2. The Bertz CT molecular complexity index is 1620. The lowest BCUT2D eigenvalue weighted by Gasteiger charge is -2.12. The summed E-state index contributed by atoms with van der Waals surface area (Å²) in [6, 6.07) is 14.3. The molecule has 0 aliphatic carbocycles. The number of amides is 1. The van der Waals surface area contributed by atoms with Crippen molar-refractivity contribution in [3.05, 3.63) is 75.7 Å². The molecule has 0 fully saturated rings. The molecule has 0 saturated carbocycles. The van der Waals surface area contributed by atoms with Gasteiger partial charge in [0.1, 0.15) is 10.8 Å². The Morgan fingerprint density at radius 3 is 2.81 bits per heavy atom. The summed E-state index contributed by atoms with van der Waals surface area (Å²) in [6.45, 7) is 3.95. The number of halogens is 2. The second kappa shape index (κ2) is 9.98. The van der Waals surface area contributed by atoms with E-state index in [4.69, 9.17) is 39.8 Å². The highest BCUT2D eigenvalue weighted by atomic mass is 35.5. The van der Waals surface area contributed by atoms with Crippen LogP contribution in [0.3, 0.4) is 0 Å². The van der Waals surface area contributed by atoms with Gasteiger partial charge in [0.05, 0.1) is 10.0 Å². The molecule has 0 unspecified atom stereocenters.